The van der Waals surface area contributed by atoms with Gasteiger partial charge in [-0.05, 0) is 39.0 Å². The van der Waals surface area contributed by atoms with E-state index in [1.54, 1.807) is 57.2 Å². The van der Waals surface area contributed by atoms with E-state index in [2.05, 4.69) is 0 Å². The number of carboxylic acid groups (broad SMARTS) is 3. The molecular weight excluding hydrogens is 413 g/mol. The van der Waals surface area contributed by atoms with Crippen molar-refractivity contribution >= 4 is 17.9 Å². The van der Waals surface area contributed by atoms with E-state index in [-0.39, 0.29) is 19.5 Å². The Bertz CT molecular complexity index is 450. The van der Waals surface area contributed by atoms with E-state index in [9.17, 15) is 29.7 Å². The van der Waals surface area contributed by atoms with Crippen molar-refractivity contribution in [3.05, 3.63) is 72.9 Å². The summed E-state index contributed by atoms with van der Waals surface area (Å²) in [4.78, 5) is 28.9. The smallest absolute Gasteiger partial charge is 0.545 e. The summed E-state index contributed by atoms with van der Waals surface area (Å²) in [6.07, 6.45) is 17.2. The van der Waals surface area contributed by atoms with E-state index in [0.717, 1.165) is 18.2 Å². The molecule has 0 aromatic heterocycles. The molecule has 0 spiro atoms. The standard InChI is InChI=1S/3C6H8O2.Ru/c3*1-2-3-4-5-6(7)8;/h3*2-5H,1H3,(H,7,8);/q;;;+3/p-3/b3*3-2+,5-4+;. The number of carbonyl (C=O) groups is 3. The molecule has 1 radical (unpaired) electrons. The van der Waals surface area contributed by atoms with Crippen molar-refractivity contribution in [2.24, 2.45) is 0 Å². The minimum atomic E-state index is -1.16. The average molecular weight is 434 g/mol. The summed E-state index contributed by atoms with van der Waals surface area (Å²) in [5, 5.41) is 28.9. The van der Waals surface area contributed by atoms with Crippen molar-refractivity contribution in [2.45, 2.75) is 20.8 Å². The molecule has 0 aromatic carbocycles. The molecule has 0 aliphatic carbocycles. The third-order valence-corrected chi connectivity index (χ3v) is 1.61. The van der Waals surface area contributed by atoms with E-state index in [1.807, 2.05) is 0 Å². The van der Waals surface area contributed by atoms with Gasteiger partial charge in [0.25, 0.3) is 0 Å². The van der Waals surface area contributed by atoms with Gasteiger partial charge in [0.05, 0.1) is 17.9 Å². The van der Waals surface area contributed by atoms with E-state index in [4.69, 9.17) is 0 Å². The number of carbonyl (C=O) groups excluding carboxylic acids is 3. The minimum absolute atomic E-state index is 0. The van der Waals surface area contributed by atoms with Crippen LogP contribution in [0.2, 0.25) is 0 Å². The molecule has 0 N–H and O–H groups in total. The normalized spacial score (nSPS) is 10.7. The molecule has 7 heteroatoms. The van der Waals surface area contributed by atoms with Crippen LogP contribution in [0.15, 0.2) is 72.9 Å². The molecule has 0 aromatic rings. The average Bonchev–Trinajstić information content (AvgIpc) is 2.48. The molecule has 0 aliphatic rings. The first-order valence-corrected chi connectivity index (χ1v) is 6.82. The Morgan fingerprint density at radius 1 is 0.520 bits per heavy atom. The molecular formula is C18H21O6Ru. The van der Waals surface area contributed by atoms with E-state index >= 15 is 0 Å². The van der Waals surface area contributed by atoms with Gasteiger partial charge in [0, 0.05) is 0 Å². The topological polar surface area (TPSA) is 120 Å². The number of hydrogen-bond donors (Lipinski definition) is 0. The maximum Gasteiger partial charge on any atom is 3.00 e. The molecule has 25 heavy (non-hydrogen) atoms. The molecule has 0 aliphatic heterocycles. The predicted octanol–water partition coefficient (Wildman–Crippen LogP) is -0.397. The number of allylic oxidation sites excluding steroid dienone is 9. The van der Waals surface area contributed by atoms with Crippen LogP contribution in [0.5, 0.6) is 0 Å². The summed E-state index contributed by atoms with van der Waals surface area (Å²) in [6, 6.07) is 0. The van der Waals surface area contributed by atoms with Gasteiger partial charge in [-0.3, -0.25) is 0 Å². The molecule has 0 saturated carbocycles. The van der Waals surface area contributed by atoms with Gasteiger partial charge in [-0.25, -0.2) is 0 Å². The van der Waals surface area contributed by atoms with Crippen molar-refractivity contribution in [1.82, 2.24) is 0 Å². The number of hydrogen-bond acceptors (Lipinski definition) is 6. The predicted molar refractivity (Wildman–Crippen MR) is 86.9 cm³/mol. The first-order valence-electron chi connectivity index (χ1n) is 6.82. The van der Waals surface area contributed by atoms with Crippen LogP contribution in [0.4, 0.5) is 0 Å². The second-order valence-corrected chi connectivity index (χ2v) is 3.61. The third kappa shape index (κ3) is 52.3. The van der Waals surface area contributed by atoms with Crippen LogP contribution in [-0.4, -0.2) is 17.9 Å². The van der Waals surface area contributed by atoms with Gasteiger partial charge >= 0.3 is 19.5 Å². The van der Waals surface area contributed by atoms with Gasteiger partial charge in [-0.2, -0.15) is 0 Å². The quantitative estimate of drug-likeness (QED) is 0.319. The summed E-state index contributed by atoms with van der Waals surface area (Å²) in [7, 11) is 0. The fourth-order valence-electron chi connectivity index (χ4n) is 0.736. The van der Waals surface area contributed by atoms with Crippen LogP contribution in [0.3, 0.4) is 0 Å². The molecule has 0 heterocycles. The first kappa shape index (κ1) is 30.4. The first-order chi connectivity index (χ1) is 11.3. The van der Waals surface area contributed by atoms with Crippen LogP contribution in [0.1, 0.15) is 20.8 Å². The Morgan fingerprint density at radius 3 is 0.840 bits per heavy atom. The summed E-state index contributed by atoms with van der Waals surface area (Å²) in [6.45, 7) is 5.42. The molecule has 0 unspecified atom stereocenters. The summed E-state index contributed by atoms with van der Waals surface area (Å²) in [5.41, 5.74) is 0. The zero-order chi connectivity index (χ0) is 19.2. The minimum Gasteiger partial charge on any atom is -0.545 e. The molecule has 0 amide bonds. The molecule has 0 saturated heterocycles. The fraction of sp³-hybridized carbons (Fsp3) is 0.167. The van der Waals surface area contributed by atoms with Gasteiger partial charge in [0.15, 0.2) is 0 Å². The van der Waals surface area contributed by atoms with Gasteiger partial charge in [-0.1, -0.05) is 54.7 Å². The largest absolute Gasteiger partial charge is 3.00 e. The van der Waals surface area contributed by atoms with E-state index in [0.29, 0.717) is 0 Å². The summed E-state index contributed by atoms with van der Waals surface area (Å²) in [5.74, 6) is -3.49. The Morgan fingerprint density at radius 2 is 0.720 bits per heavy atom. The number of rotatable bonds is 6. The summed E-state index contributed by atoms with van der Waals surface area (Å²) < 4.78 is 0. The monoisotopic (exact) mass is 435 g/mol. The molecule has 0 bridgehead atoms. The van der Waals surface area contributed by atoms with Crippen LogP contribution < -0.4 is 15.3 Å². The van der Waals surface area contributed by atoms with Gasteiger partial charge in [-0.15, -0.1) is 0 Å². The van der Waals surface area contributed by atoms with Crippen molar-refractivity contribution in [3.8, 4) is 0 Å². The molecule has 0 rings (SSSR count). The maximum atomic E-state index is 9.64. The SMILES string of the molecule is C/C=C/C=C/C(=O)[O-].C/C=C/C=C/C(=O)[O-].C/C=C/C=C/C(=O)[O-].[Ru+3]. The Hall–Kier alpha value is -2.53. The van der Waals surface area contributed by atoms with Crippen molar-refractivity contribution < 1.29 is 49.2 Å². The van der Waals surface area contributed by atoms with Crippen molar-refractivity contribution in [2.75, 3.05) is 0 Å². The van der Waals surface area contributed by atoms with Gasteiger partial charge < -0.3 is 29.7 Å². The van der Waals surface area contributed by atoms with Crippen LogP contribution in [0.25, 0.3) is 0 Å². The second kappa shape index (κ2) is 26.4. The molecule has 0 atom stereocenters. The zero-order valence-corrected chi connectivity index (χ0v) is 16.0. The van der Waals surface area contributed by atoms with Gasteiger partial charge in [0.1, 0.15) is 0 Å². The fourth-order valence-corrected chi connectivity index (χ4v) is 0.736. The van der Waals surface area contributed by atoms with Crippen LogP contribution in [-0.2, 0) is 33.9 Å². The number of carboxylic acids is 3. The Balaban J connectivity index is -0.000000130. The van der Waals surface area contributed by atoms with Crippen molar-refractivity contribution in [3.63, 3.8) is 0 Å². The Labute approximate surface area is 161 Å². The van der Waals surface area contributed by atoms with E-state index in [1.165, 1.54) is 18.2 Å². The van der Waals surface area contributed by atoms with Crippen molar-refractivity contribution in [1.29, 1.82) is 0 Å². The molecule has 137 valence electrons. The third-order valence-electron chi connectivity index (χ3n) is 1.61. The van der Waals surface area contributed by atoms with Crippen LogP contribution >= 0.6 is 0 Å². The molecule has 6 nitrogen and oxygen atoms in total. The molecule has 0 fully saturated rings. The second-order valence-electron chi connectivity index (χ2n) is 3.61. The maximum absolute atomic E-state index is 9.64. The Kier molecular flexibility index (Phi) is 32.0. The van der Waals surface area contributed by atoms with E-state index < -0.39 is 17.9 Å². The summed E-state index contributed by atoms with van der Waals surface area (Å²) >= 11 is 0. The zero-order valence-electron chi connectivity index (χ0n) is 14.2. The van der Waals surface area contributed by atoms with Crippen LogP contribution in [0, 0.1) is 0 Å². The van der Waals surface area contributed by atoms with Gasteiger partial charge in [0.2, 0.25) is 0 Å². The number of aliphatic carboxylic acids is 3.